The summed E-state index contributed by atoms with van der Waals surface area (Å²) in [6.07, 6.45) is 0. The van der Waals surface area contributed by atoms with Gasteiger partial charge in [-0.05, 0) is 25.1 Å². The van der Waals surface area contributed by atoms with Crippen molar-refractivity contribution in [3.8, 4) is 5.75 Å². The van der Waals surface area contributed by atoms with Crippen molar-refractivity contribution in [2.45, 2.75) is 6.92 Å². The number of methoxy groups -OCH3 is 1. The fourth-order valence-corrected chi connectivity index (χ4v) is 1.82. The second kappa shape index (κ2) is 3.66. The molecular formula is C11H9ClFNO. The van der Waals surface area contributed by atoms with Crippen LogP contribution in [0.5, 0.6) is 5.75 Å². The Labute approximate surface area is 91.6 Å². The smallest absolute Gasteiger partial charge is 0.180 e. The van der Waals surface area contributed by atoms with Crippen molar-refractivity contribution in [3.05, 3.63) is 34.7 Å². The molecule has 0 aliphatic rings. The van der Waals surface area contributed by atoms with Gasteiger partial charge in [0.15, 0.2) is 11.6 Å². The van der Waals surface area contributed by atoms with Crippen LogP contribution in [0.25, 0.3) is 10.9 Å². The Balaban J connectivity index is 2.91. The Bertz CT molecular complexity index is 527. The van der Waals surface area contributed by atoms with E-state index >= 15 is 0 Å². The maximum absolute atomic E-state index is 13.4. The molecule has 2 nitrogen and oxygen atoms in total. The number of hydrogen-bond acceptors (Lipinski definition) is 2. The standard InChI is InChI=1S/C11H9ClFNO/c1-6-5-8(12)7-3-4-9(13)11(15-2)10(7)14-6/h3-5H,1-2H3. The van der Waals surface area contributed by atoms with E-state index in [0.717, 1.165) is 5.69 Å². The first-order valence-electron chi connectivity index (χ1n) is 4.43. The van der Waals surface area contributed by atoms with Gasteiger partial charge in [-0.25, -0.2) is 9.37 Å². The number of hydrogen-bond donors (Lipinski definition) is 0. The number of aromatic nitrogens is 1. The summed E-state index contributed by atoms with van der Waals surface area (Å²) in [4.78, 5) is 4.22. The zero-order valence-corrected chi connectivity index (χ0v) is 9.10. The molecule has 0 radical (unpaired) electrons. The first-order valence-corrected chi connectivity index (χ1v) is 4.80. The molecule has 2 rings (SSSR count). The largest absolute Gasteiger partial charge is 0.491 e. The van der Waals surface area contributed by atoms with Gasteiger partial charge in [0.05, 0.1) is 12.1 Å². The Kier molecular flexibility index (Phi) is 2.49. The molecule has 0 fully saturated rings. The highest BCUT2D eigenvalue weighted by Crippen LogP contribution is 2.31. The zero-order chi connectivity index (χ0) is 11.0. The van der Waals surface area contributed by atoms with Crippen LogP contribution < -0.4 is 4.74 Å². The molecule has 0 saturated carbocycles. The van der Waals surface area contributed by atoms with Crippen molar-refractivity contribution >= 4 is 22.5 Å². The molecule has 1 aromatic carbocycles. The average molecular weight is 226 g/mol. The molecule has 0 bridgehead atoms. The van der Waals surface area contributed by atoms with Gasteiger partial charge in [0, 0.05) is 11.1 Å². The van der Waals surface area contributed by atoms with E-state index < -0.39 is 5.82 Å². The maximum Gasteiger partial charge on any atom is 0.180 e. The molecule has 0 atom stereocenters. The van der Waals surface area contributed by atoms with Gasteiger partial charge >= 0.3 is 0 Å². The van der Waals surface area contributed by atoms with E-state index in [1.165, 1.54) is 13.2 Å². The highest BCUT2D eigenvalue weighted by atomic mass is 35.5. The van der Waals surface area contributed by atoms with E-state index in [1.54, 1.807) is 19.1 Å². The minimum Gasteiger partial charge on any atom is -0.491 e. The normalized spacial score (nSPS) is 10.7. The maximum atomic E-state index is 13.4. The van der Waals surface area contributed by atoms with Crippen molar-refractivity contribution in [3.63, 3.8) is 0 Å². The van der Waals surface area contributed by atoms with Crippen LogP contribution in [0.2, 0.25) is 5.02 Å². The Hall–Kier alpha value is -1.35. The number of rotatable bonds is 1. The third-order valence-corrected chi connectivity index (χ3v) is 2.48. The minimum atomic E-state index is -0.431. The summed E-state index contributed by atoms with van der Waals surface area (Å²) < 4.78 is 18.3. The van der Waals surface area contributed by atoms with Gasteiger partial charge in [0.25, 0.3) is 0 Å². The summed E-state index contributed by atoms with van der Waals surface area (Å²) >= 11 is 6.03. The monoisotopic (exact) mass is 225 g/mol. The molecule has 0 amide bonds. The summed E-state index contributed by atoms with van der Waals surface area (Å²) in [5, 5.41) is 1.25. The summed E-state index contributed by atoms with van der Waals surface area (Å²) in [5.74, 6) is -0.294. The number of nitrogens with zero attached hydrogens (tertiary/aromatic N) is 1. The lowest BCUT2D eigenvalue weighted by Crippen LogP contribution is -1.93. The molecule has 4 heteroatoms. The molecule has 0 saturated heterocycles. The highest BCUT2D eigenvalue weighted by molar-refractivity contribution is 6.35. The predicted molar refractivity (Wildman–Crippen MR) is 58.0 cm³/mol. The van der Waals surface area contributed by atoms with Crippen LogP contribution in [-0.4, -0.2) is 12.1 Å². The second-order valence-corrected chi connectivity index (χ2v) is 3.63. The van der Waals surface area contributed by atoms with Crippen molar-refractivity contribution < 1.29 is 9.13 Å². The number of ether oxygens (including phenoxy) is 1. The fourth-order valence-electron chi connectivity index (χ4n) is 1.51. The van der Waals surface area contributed by atoms with Crippen LogP contribution in [-0.2, 0) is 0 Å². The molecule has 0 unspecified atom stereocenters. The first kappa shape index (κ1) is 10.2. The van der Waals surface area contributed by atoms with Gasteiger partial charge in [0.1, 0.15) is 5.52 Å². The van der Waals surface area contributed by atoms with Gasteiger partial charge in [-0.3, -0.25) is 0 Å². The molecule has 2 aromatic rings. The number of pyridine rings is 1. The molecule has 0 aliphatic heterocycles. The summed E-state index contributed by atoms with van der Waals surface area (Å²) in [6, 6.07) is 4.66. The molecule has 1 aromatic heterocycles. The fraction of sp³-hybridized carbons (Fsp3) is 0.182. The molecule has 78 valence electrons. The van der Waals surface area contributed by atoms with Gasteiger partial charge in [-0.1, -0.05) is 11.6 Å². The lowest BCUT2D eigenvalue weighted by atomic mass is 10.2. The lowest BCUT2D eigenvalue weighted by molar-refractivity contribution is 0.391. The van der Waals surface area contributed by atoms with Gasteiger partial charge in [-0.2, -0.15) is 0 Å². The Morgan fingerprint density at radius 1 is 1.40 bits per heavy atom. The van der Waals surface area contributed by atoms with Crippen LogP contribution in [0, 0.1) is 12.7 Å². The van der Waals surface area contributed by atoms with Crippen LogP contribution in [0.4, 0.5) is 4.39 Å². The SMILES string of the molecule is COc1c(F)ccc2c(Cl)cc(C)nc12. The van der Waals surface area contributed by atoms with Gasteiger partial charge in [-0.15, -0.1) is 0 Å². The summed E-state index contributed by atoms with van der Waals surface area (Å²) in [5.41, 5.74) is 1.19. The third-order valence-electron chi connectivity index (χ3n) is 2.17. The lowest BCUT2D eigenvalue weighted by Gasteiger charge is -2.07. The zero-order valence-electron chi connectivity index (χ0n) is 8.34. The number of halogens is 2. The minimum absolute atomic E-state index is 0.137. The third kappa shape index (κ3) is 1.63. The predicted octanol–water partition coefficient (Wildman–Crippen LogP) is 3.34. The van der Waals surface area contributed by atoms with E-state index in [4.69, 9.17) is 16.3 Å². The van der Waals surface area contributed by atoms with Crippen molar-refractivity contribution in [2.75, 3.05) is 7.11 Å². The van der Waals surface area contributed by atoms with Crippen molar-refractivity contribution in [2.24, 2.45) is 0 Å². The van der Waals surface area contributed by atoms with Crippen LogP contribution in [0.1, 0.15) is 5.69 Å². The summed E-state index contributed by atoms with van der Waals surface area (Å²) in [6.45, 7) is 1.80. The molecule has 15 heavy (non-hydrogen) atoms. The van der Waals surface area contributed by atoms with E-state index in [1.807, 2.05) is 0 Å². The Morgan fingerprint density at radius 2 is 2.13 bits per heavy atom. The molecule has 0 spiro atoms. The van der Waals surface area contributed by atoms with E-state index in [2.05, 4.69) is 4.98 Å². The second-order valence-electron chi connectivity index (χ2n) is 3.22. The average Bonchev–Trinajstić information content (AvgIpc) is 2.17. The quantitative estimate of drug-likeness (QED) is 0.743. The number of benzene rings is 1. The number of aryl methyl sites for hydroxylation is 1. The van der Waals surface area contributed by atoms with Crippen LogP contribution in [0.15, 0.2) is 18.2 Å². The molecule has 0 aliphatic carbocycles. The molecular weight excluding hydrogens is 217 g/mol. The number of fused-ring (bicyclic) bond motifs is 1. The van der Waals surface area contributed by atoms with Crippen LogP contribution in [0.3, 0.4) is 0 Å². The molecule has 1 heterocycles. The molecule has 0 N–H and O–H groups in total. The van der Waals surface area contributed by atoms with Gasteiger partial charge in [0.2, 0.25) is 0 Å². The first-order chi connectivity index (χ1) is 7.13. The van der Waals surface area contributed by atoms with E-state index in [0.29, 0.717) is 15.9 Å². The topological polar surface area (TPSA) is 22.1 Å². The summed E-state index contributed by atoms with van der Waals surface area (Å²) in [7, 11) is 1.41. The van der Waals surface area contributed by atoms with Crippen molar-refractivity contribution in [1.29, 1.82) is 0 Å². The Morgan fingerprint density at radius 3 is 2.80 bits per heavy atom. The van der Waals surface area contributed by atoms with Crippen LogP contribution >= 0.6 is 11.6 Å². The van der Waals surface area contributed by atoms with Crippen molar-refractivity contribution in [1.82, 2.24) is 4.98 Å². The highest BCUT2D eigenvalue weighted by Gasteiger charge is 2.11. The van der Waals surface area contributed by atoms with E-state index in [9.17, 15) is 4.39 Å². The van der Waals surface area contributed by atoms with Gasteiger partial charge < -0.3 is 4.74 Å². The van der Waals surface area contributed by atoms with E-state index in [-0.39, 0.29) is 5.75 Å².